The quantitative estimate of drug-likeness (QED) is 0.813. The van der Waals surface area contributed by atoms with Gasteiger partial charge in [0.05, 0.1) is 5.38 Å². The number of benzene rings is 1. The van der Waals surface area contributed by atoms with E-state index in [0.717, 1.165) is 0 Å². The highest BCUT2D eigenvalue weighted by atomic mass is 28.3. The van der Waals surface area contributed by atoms with Gasteiger partial charge in [-0.25, -0.2) is 4.79 Å². The highest BCUT2D eigenvalue weighted by Gasteiger charge is 2.30. The molecule has 1 aromatic carbocycles. The number of rotatable bonds is 2. The molecule has 4 heteroatoms. The molecule has 0 aliphatic carbocycles. The number of carboxylic acids is 1. The molecule has 2 rings (SSSR count). The van der Waals surface area contributed by atoms with Crippen molar-refractivity contribution < 1.29 is 14.3 Å². The zero-order chi connectivity index (χ0) is 11.9. The Hall–Kier alpha value is -1.55. The fourth-order valence-corrected chi connectivity index (χ4v) is 3.19. The zero-order valence-electron chi connectivity index (χ0n) is 9.57. The molecule has 16 heavy (non-hydrogen) atoms. The van der Waals surface area contributed by atoms with E-state index in [2.05, 4.69) is 19.6 Å². The topological polar surface area (TPSA) is 50.4 Å². The van der Waals surface area contributed by atoms with Gasteiger partial charge in [-0.3, -0.25) is 0 Å². The number of hydrogen-bond acceptors (Lipinski definition) is 2. The lowest BCUT2D eigenvalue weighted by Crippen LogP contribution is -2.39. The lowest BCUT2D eigenvalue weighted by atomic mass is 10.2. The Morgan fingerprint density at radius 1 is 1.25 bits per heavy atom. The summed E-state index contributed by atoms with van der Waals surface area (Å²) in [6.07, 6.45) is 0. The van der Waals surface area contributed by atoms with Crippen LogP contribution in [-0.4, -0.2) is 19.1 Å². The molecule has 0 aliphatic rings. The van der Waals surface area contributed by atoms with Crippen LogP contribution >= 0.6 is 0 Å². The molecule has 0 saturated heterocycles. The molecule has 0 fully saturated rings. The fraction of sp³-hybridized carbons (Fsp3) is 0.250. The number of carboxylic acid groups (broad SMARTS) is 1. The van der Waals surface area contributed by atoms with Crippen LogP contribution < -0.4 is 5.38 Å². The van der Waals surface area contributed by atoms with Gasteiger partial charge in [-0.15, -0.1) is 0 Å². The molecule has 0 bridgehead atoms. The van der Waals surface area contributed by atoms with Crippen LogP contribution in [0, 0.1) is 0 Å². The minimum absolute atomic E-state index is 0.342. The van der Waals surface area contributed by atoms with Crippen molar-refractivity contribution in [2.24, 2.45) is 0 Å². The van der Waals surface area contributed by atoms with E-state index in [9.17, 15) is 9.90 Å². The first-order chi connectivity index (χ1) is 7.41. The third-order valence-corrected chi connectivity index (χ3v) is 4.20. The van der Waals surface area contributed by atoms with E-state index in [0.29, 0.717) is 21.9 Å². The van der Waals surface area contributed by atoms with Gasteiger partial charge in [0.2, 0.25) is 0 Å². The second-order valence-corrected chi connectivity index (χ2v) is 9.81. The normalized spacial score (nSPS) is 11.9. The van der Waals surface area contributed by atoms with E-state index in [-0.39, 0.29) is 0 Å². The Bertz CT molecular complexity index is 549. The van der Waals surface area contributed by atoms with Crippen LogP contribution in [-0.2, 0) is 0 Å². The summed E-state index contributed by atoms with van der Waals surface area (Å²) in [5.74, 6) is -0.901. The van der Waals surface area contributed by atoms with Gasteiger partial charge in [-0.05, 0) is 6.07 Å². The molecule has 0 amide bonds. The number of hydrogen-bond donors (Lipinski definition) is 1. The maximum Gasteiger partial charge on any atom is 0.339 e. The highest BCUT2D eigenvalue weighted by Crippen LogP contribution is 2.22. The molecular formula is C12H14O3Si. The predicted octanol–water partition coefficient (Wildman–Crippen LogP) is 2.68. The first kappa shape index (κ1) is 10.9. The van der Waals surface area contributed by atoms with Gasteiger partial charge in [-0.1, -0.05) is 37.8 Å². The second kappa shape index (κ2) is 3.49. The first-order valence-corrected chi connectivity index (χ1v) is 8.66. The minimum atomic E-state index is -1.77. The second-order valence-electron chi connectivity index (χ2n) is 4.86. The van der Waals surface area contributed by atoms with Crippen molar-refractivity contribution in [2.75, 3.05) is 0 Å². The molecule has 0 unspecified atom stereocenters. The Kier molecular flexibility index (Phi) is 2.39. The van der Waals surface area contributed by atoms with Crippen LogP contribution in [0.4, 0.5) is 0 Å². The maximum atomic E-state index is 11.3. The summed E-state index contributed by atoms with van der Waals surface area (Å²) in [6, 6.07) is 7.29. The van der Waals surface area contributed by atoms with E-state index in [1.165, 1.54) is 0 Å². The van der Waals surface area contributed by atoms with Gasteiger partial charge in [0.25, 0.3) is 0 Å². The Balaban J connectivity index is 2.84. The van der Waals surface area contributed by atoms with E-state index in [4.69, 9.17) is 4.42 Å². The van der Waals surface area contributed by atoms with Crippen molar-refractivity contribution in [3.05, 3.63) is 29.8 Å². The number of para-hydroxylation sites is 1. The molecule has 0 aliphatic heterocycles. The standard InChI is InChI=1S/C12H14O3Si/c1-16(2,3)12-10(11(13)14)8-6-4-5-7-9(8)15-12/h4-7H,1-3H3,(H,13,14). The summed E-state index contributed by atoms with van der Waals surface area (Å²) in [4.78, 5) is 11.3. The van der Waals surface area contributed by atoms with E-state index in [1.54, 1.807) is 6.07 Å². The van der Waals surface area contributed by atoms with Crippen LogP contribution in [0.1, 0.15) is 10.4 Å². The summed E-state index contributed by atoms with van der Waals surface area (Å²) >= 11 is 0. The monoisotopic (exact) mass is 234 g/mol. The number of carbonyl (C=O) groups is 1. The average molecular weight is 234 g/mol. The largest absolute Gasteiger partial charge is 0.478 e. The summed E-state index contributed by atoms with van der Waals surface area (Å²) in [5.41, 5.74) is 1.01. The van der Waals surface area contributed by atoms with Crippen molar-refractivity contribution in [1.82, 2.24) is 0 Å². The van der Waals surface area contributed by atoms with Crippen molar-refractivity contribution in [2.45, 2.75) is 19.6 Å². The van der Waals surface area contributed by atoms with Gasteiger partial charge < -0.3 is 9.52 Å². The summed E-state index contributed by atoms with van der Waals surface area (Å²) in [7, 11) is -1.77. The molecule has 1 aromatic heterocycles. The molecule has 0 atom stereocenters. The molecule has 3 nitrogen and oxygen atoms in total. The molecule has 1 N–H and O–H groups in total. The molecule has 0 saturated carbocycles. The van der Waals surface area contributed by atoms with Crippen molar-refractivity contribution >= 4 is 30.4 Å². The van der Waals surface area contributed by atoms with E-state index < -0.39 is 14.0 Å². The van der Waals surface area contributed by atoms with Gasteiger partial charge in [0.15, 0.2) is 0 Å². The Morgan fingerprint density at radius 2 is 1.88 bits per heavy atom. The van der Waals surface area contributed by atoms with Gasteiger partial charge in [0, 0.05) is 5.39 Å². The molecule has 84 valence electrons. The zero-order valence-corrected chi connectivity index (χ0v) is 10.6. The SMILES string of the molecule is C[Si](C)(C)c1oc2ccccc2c1C(=O)O. The molecular weight excluding hydrogens is 220 g/mol. The van der Waals surface area contributed by atoms with E-state index in [1.807, 2.05) is 18.2 Å². The highest BCUT2D eigenvalue weighted by molar-refractivity contribution is 6.88. The van der Waals surface area contributed by atoms with Gasteiger partial charge in [-0.2, -0.15) is 0 Å². The smallest absolute Gasteiger partial charge is 0.339 e. The summed E-state index contributed by atoms with van der Waals surface area (Å²) < 4.78 is 5.71. The number of furan rings is 1. The Labute approximate surface area is 94.7 Å². The molecule has 0 spiro atoms. The minimum Gasteiger partial charge on any atom is -0.478 e. The van der Waals surface area contributed by atoms with Crippen LogP contribution in [0.5, 0.6) is 0 Å². The summed E-state index contributed by atoms with van der Waals surface area (Å²) in [6.45, 7) is 6.24. The van der Waals surface area contributed by atoms with E-state index >= 15 is 0 Å². The van der Waals surface area contributed by atoms with Gasteiger partial charge in [0.1, 0.15) is 19.2 Å². The van der Waals surface area contributed by atoms with Crippen molar-refractivity contribution in [3.63, 3.8) is 0 Å². The third kappa shape index (κ3) is 1.65. The molecule has 1 heterocycles. The molecule has 0 radical (unpaired) electrons. The van der Waals surface area contributed by atoms with Crippen molar-refractivity contribution in [3.8, 4) is 0 Å². The summed E-state index contributed by atoms with van der Waals surface area (Å²) in [5, 5.41) is 10.6. The Morgan fingerprint density at radius 3 is 2.44 bits per heavy atom. The van der Waals surface area contributed by atoms with Gasteiger partial charge >= 0.3 is 5.97 Å². The lowest BCUT2D eigenvalue weighted by molar-refractivity contribution is 0.0699. The van der Waals surface area contributed by atoms with Crippen LogP contribution in [0.15, 0.2) is 28.7 Å². The fourth-order valence-electron chi connectivity index (χ4n) is 1.79. The maximum absolute atomic E-state index is 11.3. The average Bonchev–Trinajstić information content (AvgIpc) is 2.55. The van der Waals surface area contributed by atoms with Crippen LogP contribution in [0.2, 0.25) is 19.6 Å². The van der Waals surface area contributed by atoms with Crippen molar-refractivity contribution in [1.29, 1.82) is 0 Å². The van der Waals surface area contributed by atoms with Crippen LogP contribution in [0.25, 0.3) is 11.0 Å². The lowest BCUT2D eigenvalue weighted by Gasteiger charge is -2.12. The third-order valence-electron chi connectivity index (χ3n) is 2.49. The first-order valence-electron chi connectivity index (χ1n) is 5.16. The number of aromatic carboxylic acids is 1. The number of fused-ring (bicyclic) bond motifs is 1. The molecule has 2 aromatic rings. The predicted molar refractivity (Wildman–Crippen MR) is 66.2 cm³/mol. The van der Waals surface area contributed by atoms with Crippen LogP contribution in [0.3, 0.4) is 0 Å².